The summed E-state index contributed by atoms with van der Waals surface area (Å²) in [6, 6.07) is 5.77. The average molecular weight is 336 g/mol. The molecule has 25 heavy (non-hydrogen) atoms. The van der Waals surface area contributed by atoms with Crippen LogP contribution in [0.5, 0.6) is 0 Å². The average Bonchev–Trinajstić information content (AvgIpc) is 3.15. The molecule has 0 unspecified atom stereocenters. The second-order valence-corrected chi connectivity index (χ2v) is 5.97. The molecule has 4 aromatic heterocycles. The van der Waals surface area contributed by atoms with Crippen molar-refractivity contribution in [3.8, 4) is 0 Å². The van der Waals surface area contributed by atoms with E-state index < -0.39 is 5.97 Å². The Balaban J connectivity index is 1.54. The molecule has 0 atom stereocenters. The zero-order valence-electron chi connectivity index (χ0n) is 14.1. The van der Waals surface area contributed by atoms with E-state index in [1.165, 1.54) is 4.52 Å². The van der Waals surface area contributed by atoms with Crippen molar-refractivity contribution in [2.45, 2.75) is 27.4 Å². The Kier molecular flexibility index (Phi) is 3.45. The molecule has 4 aromatic rings. The van der Waals surface area contributed by atoms with Crippen molar-refractivity contribution >= 4 is 17.4 Å². The van der Waals surface area contributed by atoms with Crippen LogP contribution in [0.1, 0.15) is 33.3 Å². The topological polar surface area (TPSA) is 86.7 Å². The monoisotopic (exact) mass is 336 g/mol. The second kappa shape index (κ2) is 5.66. The molecule has 0 bridgehead atoms. The van der Waals surface area contributed by atoms with E-state index in [-0.39, 0.29) is 12.4 Å². The summed E-state index contributed by atoms with van der Waals surface area (Å²) in [7, 11) is 0. The van der Waals surface area contributed by atoms with E-state index in [1.54, 1.807) is 0 Å². The first-order chi connectivity index (χ1) is 12.0. The van der Waals surface area contributed by atoms with Gasteiger partial charge in [0.25, 0.3) is 11.6 Å². The smallest absolute Gasteiger partial charge is 0.378 e. The molecule has 0 saturated heterocycles. The lowest BCUT2D eigenvalue weighted by atomic mass is 10.3. The van der Waals surface area contributed by atoms with Crippen molar-refractivity contribution in [3.63, 3.8) is 0 Å². The number of esters is 1. The van der Waals surface area contributed by atoms with Crippen LogP contribution in [-0.2, 0) is 11.3 Å². The van der Waals surface area contributed by atoms with Gasteiger partial charge in [0.1, 0.15) is 12.3 Å². The zero-order chi connectivity index (χ0) is 17.6. The highest BCUT2D eigenvalue weighted by atomic mass is 16.5. The predicted molar refractivity (Wildman–Crippen MR) is 89.3 cm³/mol. The lowest BCUT2D eigenvalue weighted by molar-refractivity contribution is 0.0454. The van der Waals surface area contributed by atoms with E-state index in [4.69, 9.17) is 4.74 Å². The summed E-state index contributed by atoms with van der Waals surface area (Å²) >= 11 is 0. The first-order valence-corrected chi connectivity index (χ1v) is 7.82. The van der Waals surface area contributed by atoms with Crippen LogP contribution in [0, 0.1) is 20.8 Å². The molecule has 0 amide bonds. The minimum absolute atomic E-state index is 0.0131. The van der Waals surface area contributed by atoms with Gasteiger partial charge in [-0.3, -0.25) is 0 Å². The van der Waals surface area contributed by atoms with Gasteiger partial charge in [-0.1, -0.05) is 6.07 Å². The number of pyridine rings is 1. The molecular formula is C17H16N6O2. The Morgan fingerprint density at radius 1 is 1.12 bits per heavy atom. The maximum atomic E-state index is 12.2. The molecule has 126 valence electrons. The van der Waals surface area contributed by atoms with Gasteiger partial charge in [0.2, 0.25) is 0 Å². The number of imidazole rings is 1. The Hall–Kier alpha value is -3.29. The first-order valence-electron chi connectivity index (χ1n) is 7.82. The number of carbonyl (C=O) groups is 1. The lowest BCUT2D eigenvalue weighted by Gasteiger charge is -1.98. The van der Waals surface area contributed by atoms with E-state index in [1.807, 2.05) is 55.8 Å². The molecule has 0 N–H and O–H groups in total. The van der Waals surface area contributed by atoms with Crippen LogP contribution < -0.4 is 0 Å². The maximum Gasteiger partial charge on any atom is 0.378 e. The first kappa shape index (κ1) is 15.3. The number of ether oxygens (including phenoxy) is 1. The fourth-order valence-corrected chi connectivity index (χ4v) is 2.68. The molecule has 4 heterocycles. The van der Waals surface area contributed by atoms with Crippen LogP contribution >= 0.6 is 0 Å². The van der Waals surface area contributed by atoms with Crippen molar-refractivity contribution in [3.05, 3.63) is 59.1 Å². The highest BCUT2D eigenvalue weighted by Crippen LogP contribution is 2.10. The van der Waals surface area contributed by atoms with Gasteiger partial charge in [0.05, 0.1) is 5.69 Å². The van der Waals surface area contributed by atoms with Gasteiger partial charge in [0.15, 0.2) is 0 Å². The highest BCUT2D eigenvalue weighted by Gasteiger charge is 2.17. The summed E-state index contributed by atoms with van der Waals surface area (Å²) in [5, 5.41) is 4.16. The van der Waals surface area contributed by atoms with Crippen LogP contribution in [0.2, 0.25) is 0 Å². The van der Waals surface area contributed by atoms with Crippen LogP contribution in [0.15, 0.2) is 30.6 Å². The van der Waals surface area contributed by atoms with Gasteiger partial charge >= 0.3 is 5.97 Å². The number of aryl methyl sites for hydroxylation is 3. The summed E-state index contributed by atoms with van der Waals surface area (Å²) in [6.45, 7) is 5.81. The van der Waals surface area contributed by atoms with Crippen molar-refractivity contribution in [2.24, 2.45) is 0 Å². The fourth-order valence-electron chi connectivity index (χ4n) is 2.68. The molecule has 0 aromatic carbocycles. The number of hydrogen-bond acceptors (Lipinski definition) is 6. The Labute approximate surface area is 143 Å². The molecule has 8 nitrogen and oxygen atoms in total. The second-order valence-electron chi connectivity index (χ2n) is 5.97. The quantitative estimate of drug-likeness (QED) is 0.532. The van der Waals surface area contributed by atoms with Crippen molar-refractivity contribution in [1.29, 1.82) is 0 Å². The molecule has 0 spiro atoms. The molecule has 0 fully saturated rings. The van der Waals surface area contributed by atoms with E-state index in [9.17, 15) is 4.79 Å². The van der Waals surface area contributed by atoms with Crippen LogP contribution in [0.4, 0.5) is 0 Å². The molecular weight excluding hydrogens is 320 g/mol. The number of fused-ring (bicyclic) bond motifs is 2. The Bertz CT molecular complexity index is 1110. The predicted octanol–water partition coefficient (Wildman–Crippen LogP) is 2.05. The summed E-state index contributed by atoms with van der Waals surface area (Å²) in [5.74, 6) is -0.232. The molecule has 4 rings (SSSR count). The number of rotatable bonds is 3. The largest absolute Gasteiger partial charge is 0.453 e. The third-order valence-electron chi connectivity index (χ3n) is 3.80. The van der Waals surface area contributed by atoms with Crippen molar-refractivity contribution < 1.29 is 9.53 Å². The highest BCUT2D eigenvalue weighted by molar-refractivity contribution is 5.85. The fraction of sp³-hybridized carbons (Fsp3) is 0.235. The number of aromatic nitrogens is 6. The van der Waals surface area contributed by atoms with Gasteiger partial charge in [-0.05, 0) is 38.5 Å². The Morgan fingerprint density at radius 2 is 1.96 bits per heavy atom. The Morgan fingerprint density at radius 3 is 2.80 bits per heavy atom. The minimum atomic E-state index is -0.601. The third-order valence-corrected chi connectivity index (χ3v) is 3.80. The maximum absolute atomic E-state index is 12.2. The number of hydrogen-bond donors (Lipinski definition) is 0. The number of carbonyl (C=O) groups excluding carboxylic acids is 1. The van der Waals surface area contributed by atoms with Gasteiger partial charge < -0.3 is 9.14 Å². The molecule has 0 aliphatic carbocycles. The third kappa shape index (κ3) is 2.82. The van der Waals surface area contributed by atoms with E-state index >= 15 is 0 Å². The van der Waals surface area contributed by atoms with Crippen molar-refractivity contribution in [1.82, 2.24) is 29.0 Å². The molecule has 0 saturated carbocycles. The SMILES string of the molecule is Cc1ccc2nc(COC(=O)c3nc4nc(C)cc(C)n4n3)cn2c1. The minimum Gasteiger partial charge on any atom is -0.453 e. The van der Waals surface area contributed by atoms with E-state index in [2.05, 4.69) is 20.1 Å². The van der Waals surface area contributed by atoms with E-state index in [0.29, 0.717) is 11.5 Å². The van der Waals surface area contributed by atoms with Gasteiger partial charge in [-0.15, -0.1) is 5.10 Å². The normalized spacial score (nSPS) is 11.3. The molecule has 0 aliphatic rings. The number of nitrogens with zero attached hydrogens (tertiary/aromatic N) is 6. The zero-order valence-corrected chi connectivity index (χ0v) is 14.1. The lowest BCUT2D eigenvalue weighted by Crippen LogP contribution is -2.08. The summed E-state index contributed by atoms with van der Waals surface area (Å²) in [6.07, 6.45) is 3.80. The van der Waals surface area contributed by atoms with Gasteiger partial charge in [0, 0.05) is 23.8 Å². The van der Waals surface area contributed by atoms with Gasteiger partial charge in [-0.25, -0.2) is 19.3 Å². The van der Waals surface area contributed by atoms with Crippen LogP contribution in [0.25, 0.3) is 11.4 Å². The summed E-state index contributed by atoms with van der Waals surface area (Å²) < 4.78 is 8.72. The van der Waals surface area contributed by atoms with Gasteiger partial charge in [-0.2, -0.15) is 4.98 Å². The molecule has 0 radical (unpaired) electrons. The van der Waals surface area contributed by atoms with Crippen LogP contribution in [-0.4, -0.2) is 34.9 Å². The van der Waals surface area contributed by atoms with E-state index in [0.717, 1.165) is 22.6 Å². The summed E-state index contributed by atoms with van der Waals surface area (Å²) in [5.41, 5.74) is 4.26. The molecule has 0 aliphatic heterocycles. The van der Waals surface area contributed by atoms with Crippen LogP contribution in [0.3, 0.4) is 0 Å². The molecule has 8 heteroatoms. The standard InChI is InChI=1S/C17H16N6O2/c1-10-4-5-14-19-13(8-22(14)7-10)9-25-16(24)15-20-17-18-11(2)6-12(3)23(17)21-15/h4-8H,9H2,1-3H3. The summed E-state index contributed by atoms with van der Waals surface area (Å²) in [4.78, 5) is 25.0. The van der Waals surface area contributed by atoms with Crippen molar-refractivity contribution in [2.75, 3.05) is 0 Å².